The number of aryl methyl sites for hydroxylation is 1. The Morgan fingerprint density at radius 1 is 0.951 bits per heavy atom. The molecule has 1 heterocycles. The molecule has 0 radical (unpaired) electrons. The molecule has 4 aromatic rings. The number of hydrogen-bond acceptors (Lipinski definition) is 4. The van der Waals surface area contributed by atoms with E-state index in [1.54, 1.807) is 12.1 Å². The number of hydrogen-bond donors (Lipinski definition) is 3. The first-order valence-electron chi connectivity index (χ1n) is 14.3. The summed E-state index contributed by atoms with van der Waals surface area (Å²) in [5.41, 5.74) is 5.17. The van der Waals surface area contributed by atoms with E-state index in [1.807, 2.05) is 54.6 Å². The van der Waals surface area contributed by atoms with Crippen LogP contribution >= 0.6 is 0 Å². The Labute approximate surface area is 239 Å². The number of anilines is 1. The quantitative estimate of drug-likeness (QED) is 0.203. The number of imidazole rings is 1. The van der Waals surface area contributed by atoms with E-state index < -0.39 is 23.8 Å². The van der Waals surface area contributed by atoms with Crippen LogP contribution in [-0.2, 0) is 22.6 Å². The lowest BCUT2D eigenvalue weighted by atomic mass is 9.78. The molecular formula is C33H35N3O5. The van der Waals surface area contributed by atoms with Crippen LogP contribution in [0.3, 0.4) is 0 Å². The summed E-state index contributed by atoms with van der Waals surface area (Å²) in [5, 5.41) is 22.2. The number of carboxylic acid groups (broad SMARTS) is 2. The van der Waals surface area contributed by atoms with Gasteiger partial charge in [0.25, 0.3) is 0 Å². The first kappa shape index (κ1) is 28.1. The third-order valence-corrected chi connectivity index (χ3v) is 8.03. The van der Waals surface area contributed by atoms with Gasteiger partial charge in [0.15, 0.2) is 0 Å². The first-order chi connectivity index (χ1) is 19.9. The third kappa shape index (κ3) is 6.16. The molecule has 1 amide bonds. The van der Waals surface area contributed by atoms with E-state index in [9.17, 15) is 24.6 Å². The molecular weight excluding hydrogens is 518 g/mol. The second-order valence-electron chi connectivity index (χ2n) is 10.8. The number of unbranched alkanes of at least 4 members (excludes halogenated alkanes) is 1. The van der Waals surface area contributed by atoms with Crippen molar-refractivity contribution in [2.45, 2.75) is 58.4 Å². The van der Waals surface area contributed by atoms with Gasteiger partial charge in [-0.05, 0) is 60.2 Å². The highest BCUT2D eigenvalue weighted by atomic mass is 16.4. The lowest BCUT2D eigenvalue weighted by molar-refractivity contribution is -0.147. The van der Waals surface area contributed by atoms with Crippen LogP contribution < -0.4 is 5.32 Å². The number of aromatic carboxylic acids is 1. The highest BCUT2D eigenvalue weighted by molar-refractivity contribution is 5.97. The molecule has 8 nitrogen and oxygen atoms in total. The van der Waals surface area contributed by atoms with Gasteiger partial charge in [0, 0.05) is 18.7 Å². The number of nitrogens with one attached hydrogen (secondary N) is 1. The molecule has 1 aromatic heterocycles. The van der Waals surface area contributed by atoms with Crippen LogP contribution in [0.25, 0.3) is 22.2 Å². The minimum absolute atomic E-state index is 0.244. The topological polar surface area (TPSA) is 122 Å². The van der Waals surface area contributed by atoms with Gasteiger partial charge in [-0.2, -0.15) is 0 Å². The van der Waals surface area contributed by atoms with Crippen LogP contribution in [0.1, 0.15) is 67.2 Å². The van der Waals surface area contributed by atoms with E-state index in [2.05, 4.69) is 16.8 Å². The van der Waals surface area contributed by atoms with Gasteiger partial charge >= 0.3 is 11.9 Å². The molecule has 2 atom stereocenters. The van der Waals surface area contributed by atoms with Crippen molar-refractivity contribution >= 4 is 34.6 Å². The molecule has 0 spiro atoms. The number of rotatable bonds is 10. The Hall–Kier alpha value is -4.46. The number of carbonyl (C=O) groups is 3. The number of nitrogens with zero attached hydrogens (tertiary/aromatic N) is 2. The first-order valence-corrected chi connectivity index (χ1v) is 14.3. The summed E-state index contributed by atoms with van der Waals surface area (Å²) in [6.07, 6.45) is 5.65. The number of benzene rings is 3. The van der Waals surface area contributed by atoms with E-state index in [0.717, 1.165) is 60.1 Å². The second kappa shape index (κ2) is 12.4. The molecule has 3 N–H and O–H groups in total. The van der Waals surface area contributed by atoms with Crippen LogP contribution in [0.15, 0.2) is 66.7 Å². The van der Waals surface area contributed by atoms with Gasteiger partial charge in [0.1, 0.15) is 5.82 Å². The normalized spacial score (nSPS) is 16.9. The van der Waals surface area contributed by atoms with Crippen molar-refractivity contribution in [1.29, 1.82) is 0 Å². The fourth-order valence-corrected chi connectivity index (χ4v) is 5.82. The predicted octanol–water partition coefficient (Wildman–Crippen LogP) is 6.62. The molecule has 0 aliphatic heterocycles. The van der Waals surface area contributed by atoms with Crippen molar-refractivity contribution in [3.63, 3.8) is 0 Å². The monoisotopic (exact) mass is 553 g/mol. The van der Waals surface area contributed by atoms with E-state index in [0.29, 0.717) is 30.6 Å². The van der Waals surface area contributed by atoms with Crippen LogP contribution in [0, 0.1) is 11.8 Å². The van der Waals surface area contributed by atoms with E-state index in [1.165, 1.54) is 0 Å². The van der Waals surface area contributed by atoms with Gasteiger partial charge in [0.2, 0.25) is 5.91 Å². The average Bonchev–Trinajstić information content (AvgIpc) is 3.32. The molecule has 8 heteroatoms. The maximum Gasteiger partial charge on any atom is 0.336 e. The van der Waals surface area contributed by atoms with Crippen LogP contribution in [0.5, 0.6) is 0 Å². The molecule has 212 valence electrons. The molecule has 5 rings (SSSR count). The summed E-state index contributed by atoms with van der Waals surface area (Å²) in [7, 11) is 0. The minimum atomic E-state index is -0.958. The van der Waals surface area contributed by atoms with Crippen molar-refractivity contribution in [3.05, 3.63) is 83.7 Å². The summed E-state index contributed by atoms with van der Waals surface area (Å²) in [6.45, 7) is 2.71. The number of fused-ring (bicyclic) bond motifs is 1. The zero-order chi connectivity index (χ0) is 28.9. The zero-order valence-electron chi connectivity index (χ0n) is 23.2. The van der Waals surface area contributed by atoms with E-state index >= 15 is 0 Å². The van der Waals surface area contributed by atoms with Crippen molar-refractivity contribution in [2.75, 3.05) is 5.32 Å². The van der Waals surface area contributed by atoms with Crippen molar-refractivity contribution in [3.8, 4) is 11.1 Å². The maximum absolute atomic E-state index is 13.1. The van der Waals surface area contributed by atoms with Gasteiger partial charge in [-0.25, -0.2) is 9.78 Å². The fourth-order valence-electron chi connectivity index (χ4n) is 5.82. The highest BCUT2D eigenvalue weighted by Crippen LogP contribution is 2.32. The zero-order valence-corrected chi connectivity index (χ0v) is 23.2. The number of aliphatic carboxylic acids is 1. The molecule has 1 fully saturated rings. The predicted molar refractivity (Wildman–Crippen MR) is 158 cm³/mol. The van der Waals surface area contributed by atoms with Gasteiger partial charge in [0.05, 0.1) is 28.4 Å². The van der Waals surface area contributed by atoms with Gasteiger partial charge in [-0.3, -0.25) is 9.59 Å². The number of aromatic nitrogens is 2. The maximum atomic E-state index is 13.1. The van der Waals surface area contributed by atoms with Gasteiger partial charge in [-0.15, -0.1) is 0 Å². The Balaban J connectivity index is 1.43. The second-order valence-corrected chi connectivity index (χ2v) is 10.8. The highest BCUT2D eigenvalue weighted by Gasteiger charge is 2.35. The summed E-state index contributed by atoms with van der Waals surface area (Å²) < 4.78 is 2.17. The Morgan fingerprint density at radius 3 is 2.39 bits per heavy atom. The van der Waals surface area contributed by atoms with Crippen LogP contribution in [0.4, 0.5) is 5.69 Å². The minimum Gasteiger partial charge on any atom is -0.481 e. The molecule has 1 aliphatic rings. The molecule has 0 saturated heterocycles. The third-order valence-electron chi connectivity index (χ3n) is 8.03. The van der Waals surface area contributed by atoms with Crippen LogP contribution in [0.2, 0.25) is 0 Å². The molecule has 1 aliphatic carbocycles. The van der Waals surface area contributed by atoms with Crippen molar-refractivity contribution in [2.24, 2.45) is 11.8 Å². The molecule has 2 unspecified atom stereocenters. The lowest BCUT2D eigenvalue weighted by Gasteiger charge is -2.27. The summed E-state index contributed by atoms with van der Waals surface area (Å²) in [6, 6.07) is 20.5. The Bertz CT molecular complexity index is 1570. The summed E-state index contributed by atoms with van der Waals surface area (Å²) >= 11 is 0. The Morgan fingerprint density at radius 2 is 1.68 bits per heavy atom. The number of carboxylic acids is 2. The number of amides is 1. The largest absolute Gasteiger partial charge is 0.481 e. The van der Waals surface area contributed by atoms with Gasteiger partial charge in [-0.1, -0.05) is 68.7 Å². The lowest BCUT2D eigenvalue weighted by Crippen LogP contribution is -2.36. The standard InChI is InChI=1S/C33H35N3O5/c1-2-3-12-30-35-28-18-17-23(34-31(37)25-9-5-7-11-27(25)33(40)41)19-29(28)36(30)20-21-13-15-22(16-14-21)24-8-4-6-10-26(24)32(38)39/h4,6,8,10,13-19,25,27H,2-3,5,7,9,11-12,20H2,1H3,(H,34,37)(H,38,39)(H,40,41). The van der Waals surface area contributed by atoms with E-state index in [-0.39, 0.29) is 11.5 Å². The SMILES string of the molecule is CCCCc1nc2ccc(NC(=O)C3CCCCC3C(=O)O)cc2n1Cc1ccc(-c2ccccc2C(=O)O)cc1. The average molecular weight is 554 g/mol. The Kier molecular flexibility index (Phi) is 8.47. The van der Waals surface area contributed by atoms with E-state index in [4.69, 9.17) is 4.98 Å². The smallest absolute Gasteiger partial charge is 0.336 e. The molecule has 3 aromatic carbocycles. The van der Waals surface area contributed by atoms with Crippen LogP contribution in [-0.4, -0.2) is 37.6 Å². The summed E-state index contributed by atoms with van der Waals surface area (Å²) in [4.78, 5) is 41.4. The molecule has 41 heavy (non-hydrogen) atoms. The van der Waals surface area contributed by atoms with Gasteiger partial charge < -0.3 is 20.1 Å². The summed E-state index contributed by atoms with van der Waals surface area (Å²) in [5.74, 6) is -2.33. The van der Waals surface area contributed by atoms with Crippen molar-refractivity contribution < 1.29 is 24.6 Å². The molecule has 0 bridgehead atoms. The number of carbonyl (C=O) groups excluding carboxylic acids is 1. The van der Waals surface area contributed by atoms with Crippen molar-refractivity contribution in [1.82, 2.24) is 9.55 Å². The fraction of sp³-hybridized carbons (Fsp3) is 0.333. The molecule has 1 saturated carbocycles.